The molecule has 0 N–H and O–H groups in total. The van der Waals surface area contributed by atoms with Gasteiger partial charge >= 0.3 is 0 Å². The molecule has 0 saturated heterocycles. The Balaban J connectivity index is 1.73. The Kier molecular flexibility index (Phi) is 3.46. The first-order valence-corrected chi connectivity index (χ1v) is 6.55. The highest BCUT2D eigenvalue weighted by Crippen LogP contribution is 2.21. The van der Waals surface area contributed by atoms with Gasteiger partial charge in [0, 0.05) is 16.5 Å². The van der Waals surface area contributed by atoms with Crippen LogP contribution in [0.1, 0.15) is 15.9 Å². The number of hydrogen-bond acceptors (Lipinski definition) is 2. The number of rotatable bonds is 4. The number of benzene rings is 2. The minimum Gasteiger partial charge on any atom is -0.464 e. The van der Waals surface area contributed by atoms with Gasteiger partial charge in [-0.3, -0.25) is 4.79 Å². The van der Waals surface area contributed by atoms with Gasteiger partial charge in [-0.1, -0.05) is 54.6 Å². The molecular weight excluding hydrogens is 248 g/mol. The van der Waals surface area contributed by atoms with Gasteiger partial charge in [-0.15, -0.1) is 0 Å². The molecule has 0 fully saturated rings. The minimum absolute atomic E-state index is 0.0263. The minimum atomic E-state index is 0.0263. The molecule has 0 aliphatic heterocycles. The smallest absolute Gasteiger partial charge is 0.185 e. The third kappa shape index (κ3) is 2.54. The number of hydrogen-bond donors (Lipinski definition) is 0. The average Bonchev–Trinajstić information content (AvgIpc) is 2.92. The second kappa shape index (κ2) is 5.57. The van der Waals surface area contributed by atoms with Crippen LogP contribution in [0.25, 0.3) is 11.0 Å². The van der Waals surface area contributed by atoms with Crippen molar-refractivity contribution in [2.75, 3.05) is 0 Å². The Labute approximate surface area is 117 Å². The van der Waals surface area contributed by atoms with E-state index in [4.69, 9.17) is 4.42 Å². The maximum atomic E-state index is 11.9. The van der Waals surface area contributed by atoms with Crippen molar-refractivity contribution >= 4 is 16.8 Å². The number of fused-ring (bicyclic) bond motifs is 1. The second-order valence-corrected chi connectivity index (χ2v) is 4.59. The average molecular weight is 262 g/mol. The number of allylic oxidation sites excluding steroid dienone is 2. The predicted octanol–water partition coefficient (Wildman–Crippen LogP) is 4.41. The van der Waals surface area contributed by atoms with E-state index in [1.807, 2.05) is 60.7 Å². The van der Waals surface area contributed by atoms with Crippen LogP contribution in [0.2, 0.25) is 0 Å². The SMILES string of the molecule is O=C(/C=C/Cc1coc2ccccc12)c1ccccc1. The van der Waals surface area contributed by atoms with Crippen LogP contribution < -0.4 is 0 Å². The molecule has 98 valence electrons. The van der Waals surface area contributed by atoms with Crippen LogP contribution >= 0.6 is 0 Å². The summed E-state index contributed by atoms with van der Waals surface area (Å²) in [7, 11) is 0. The summed E-state index contributed by atoms with van der Waals surface area (Å²) in [5.41, 5.74) is 2.68. The third-order valence-corrected chi connectivity index (χ3v) is 3.23. The molecule has 0 saturated carbocycles. The van der Waals surface area contributed by atoms with Crippen molar-refractivity contribution in [2.24, 2.45) is 0 Å². The summed E-state index contributed by atoms with van der Waals surface area (Å²) in [5.74, 6) is 0.0263. The summed E-state index contributed by atoms with van der Waals surface area (Å²) in [6.07, 6.45) is 5.95. The van der Waals surface area contributed by atoms with Gasteiger partial charge in [0.05, 0.1) is 6.26 Å². The Morgan fingerprint density at radius 2 is 1.75 bits per heavy atom. The number of furan rings is 1. The molecule has 0 aliphatic carbocycles. The molecule has 1 aromatic heterocycles. The fourth-order valence-electron chi connectivity index (χ4n) is 2.18. The van der Waals surface area contributed by atoms with Crippen molar-refractivity contribution in [3.05, 3.63) is 84.1 Å². The van der Waals surface area contributed by atoms with Crippen molar-refractivity contribution < 1.29 is 9.21 Å². The zero-order valence-electron chi connectivity index (χ0n) is 11.0. The quantitative estimate of drug-likeness (QED) is 0.515. The number of para-hydroxylation sites is 1. The standard InChI is InChI=1S/C18H14O2/c19-17(14-7-2-1-3-8-14)11-6-9-15-13-20-18-12-5-4-10-16(15)18/h1-8,10-13H,9H2/b11-6+. The summed E-state index contributed by atoms with van der Waals surface area (Å²) in [4.78, 5) is 11.9. The molecule has 20 heavy (non-hydrogen) atoms. The summed E-state index contributed by atoms with van der Waals surface area (Å²) in [6.45, 7) is 0. The zero-order chi connectivity index (χ0) is 13.8. The molecule has 0 radical (unpaired) electrons. The molecule has 3 aromatic rings. The fraction of sp³-hybridized carbons (Fsp3) is 0.0556. The predicted molar refractivity (Wildman–Crippen MR) is 79.8 cm³/mol. The lowest BCUT2D eigenvalue weighted by Crippen LogP contribution is -1.93. The van der Waals surface area contributed by atoms with Crippen molar-refractivity contribution in [1.29, 1.82) is 0 Å². The van der Waals surface area contributed by atoms with Crippen LogP contribution in [0.4, 0.5) is 0 Å². The Morgan fingerprint density at radius 1 is 1.00 bits per heavy atom. The summed E-state index contributed by atoms with van der Waals surface area (Å²) >= 11 is 0. The highest BCUT2D eigenvalue weighted by molar-refractivity contribution is 6.04. The van der Waals surface area contributed by atoms with E-state index in [1.165, 1.54) is 0 Å². The number of carbonyl (C=O) groups is 1. The fourth-order valence-corrected chi connectivity index (χ4v) is 2.18. The third-order valence-electron chi connectivity index (χ3n) is 3.23. The summed E-state index contributed by atoms with van der Waals surface area (Å²) in [5, 5.41) is 1.10. The Hall–Kier alpha value is -2.61. The first-order chi connectivity index (χ1) is 9.84. The molecule has 0 aliphatic rings. The molecule has 3 rings (SSSR count). The van der Waals surface area contributed by atoms with E-state index in [0.29, 0.717) is 12.0 Å². The highest BCUT2D eigenvalue weighted by atomic mass is 16.3. The molecule has 1 heterocycles. The molecule has 0 atom stereocenters. The first-order valence-electron chi connectivity index (χ1n) is 6.55. The van der Waals surface area contributed by atoms with Gasteiger partial charge in [0.2, 0.25) is 0 Å². The Morgan fingerprint density at radius 3 is 2.60 bits per heavy atom. The monoisotopic (exact) mass is 262 g/mol. The molecule has 2 aromatic carbocycles. The van der Waals surface area contributed by atoms with E-state index in [-0.39, 0.29) is 5.78 Å². The van der Waals surface area contributed by atoms with Crippen LogP contribution in [0.3, 0.4) is 0 Å². The molecule has 2 heteroatoms. The Bertz CT molecular complexity index is 751. The maximum absolute atomic E-state index is 11.9. The van der Waals surface area contributed by atoms with Crippen LogP contribution in [0, 0.1) is 0 Å². The van der Waals surface area contributed by atoms with E-state index < -0.39 is 0 Å². The zero-order valence-corrected chi connectivity index (χ0v) is 11.0. The van der Waals surface area contributed by atoms with Crippen LogP contribution in [-0.2, 0) is 6.42 Å². The van der Waals surface area contributed by atoms with Gasteiger partial charge in [-0.05, 0) is 18.6 Å². The normalized spacial score (nSPS) is 11.2. The first kappa shape index (κ1) is 12.4. The highest BCUT2D eigenvalue weighted by Gasteiger charge is 2.03. The maximum Gasteiger partial charge on any atom is 0.185 e. The van der Waals surface area contributed by atoms with Crippen molar-refractivity contribution in [3.8, 4) is 0 Å². The summed E-state index contributed by atoms with van der Waals surface area (Å²) in [6, 6.07) is 17.2. The van der Waals surface area contributed by atoms with Crippen molar-refractivity contribution in [1.82, 2.24) is 0 Å². The molecule has 0 unspecified atom stereocenters. The van der Waals surface area contributed by atoms with Gasteiger partial charge in [0.25, 0.3) is 0 Å². The van der Waals surface area contributed by atoms with Gasteiger partial charge < -0.3 is 4.42 Å². The molecule has 2 nitrogen and oxygen atoms in total. The van der Waals surface area contributed by atoms with Gasteiger partial charge in [0.15, 0.2) is 5.78 Å². The molecule has 0 amide bonds. The van der Waals surface area contributed by atoms with Crippen LogP contribution in [-0.4, -0.2) is 5.78 Å². The second-order valence-electron chi connectivity index (χ2n) is 4.59. The van der Waals surface area contributed by atoms with Crippen LogP contribution in [0.5, 0.6) is 0 Å². The molecule has 0 bridgehead atoms. The lowest BCUT2D eigenvalue weighted by atomic mass is 10.1. The van der Waals surface area contributed by atoms with E-state index in [9.17, 15) is 4.79 Å². The van der Waals surface area contributed by atoms with E-state index in [1.54, 1.807) is 12.3 Å². The molecule has 0 spiro atoms. The van der Waals surface area contributed by atoms with Crippen LogP contribution in [0.15, 0.2) is 77.4 Å². The van der Waals surface area contributed by atoms with E-state index >= 15 is 0 Å². The largest absolute Gasteiger partial charge is 0.464 e. The van der Waals surface area contributed by atoms with E-state index in [2.05, 4.69) is 0 Å². The molecular formula is C18H14O2. The lowest BCUT2D eigenvalue weighted by Gasteiger charge is -1.94. The summed E-state index contributed by atoms with van der Waals surface area (Å²) < 4.78 is 5.47. The number of carbonyl (C=O) groups excluding carboxylic acids is 1. The number of ketones is 1. The van der Waals surface area contributed by atoms with Gasteiger partial charge in [-0.25, -0.2) is 0 Å². The van der Waals surface area contributed by atoms with E-state index in [0.717, 1.165) is 16.5 Å². The van der Waals surface area contributed by atoms with Crippen molar-refractivity contribution in [2.45, 2.75) is 6.42 Å². The van der Waals surface area contributed by atoms with Gasteiger partial charge in [-0.2, -0.15) is 0 Å². The van der Waals surface area contributed by atoms with Gasteiger partial charge in [0.1, 0.15) is 5.58 Å². The topological polar surface area (TPSA) is 30.2 Å². The van der Waals surface area contributed by atoms with Crippen molar-refractivity contribution in [3.63, 3.8) is 0 Å². The lowest BCUT2D eigenvalue weighted by molar-refractivity contribution is 0.104.